The van der Waals surface area contributed by atoms with E-state index in [1.807, 2.05) is 13.8 Å². The van der Waals surface area contributed by atoms with Gasteiger partial charge in [-0.3, -0.25) is 4.79 Å². The summed E-state index contributed by atoms with van der Waals surface area (Å²) in [7, 11) is -1.92. The minimum Gasteiger partial charge on any atom is -0.496 e. The van der Waals surface area contributed by atoms with Gasteiger partial charge in [0.1, 0.15) is 5.75 Å². The van der Waals surface area contributed by atoms with Gasteiger partial charge < -0.3 is 10.1 Å². The molecule has 2 rings (SSSR count). The van der Waals surface area contributed by atoms with Gasteiger partial charge in [0.25, 0.3) is 0 Å². The van der Waals surface area contributed by atoms with Gasteiger partial charge in [0, 0.05) is 25.6 Å². The average molecular weight is 354 g/mol. The van der Waals surface area contributed by atoms with E-state index in [0.717, 1.165) is 18.4 Å². The largest absolute Gasteiger partial charge is 0.496 e. The second kappa shape index (κ2) is 7.98. The van der Waals surface area contributed by atoms with Crippen molar-refractivity contribution in [2.75, 3.05) is 20.2 Å². The minimum atomic E-state index is -3.47. The lowest BCUT2D eigenvalue weighted by atomic mass is 10.1. The van der Waals surface area contributed by atoms with Gasteiger partial charge in [0.05, 0.1) is 12.0 Å². The van der Waals surface area contributed by atoms with E-state index in [1.54, 1.807) is 25.3 Å². The fourth-order valence-electron chi connectivity index (χ4n) is 2.83. The van der Waals surface area contributed by atoms with Crippen LogP contribution in [0.25, 0.3) is 0 Å². The number of sulfonamides is 1. The van der Waals surface area contributed by atoms with Crippen molar-refractivity contribution in [3.63, 3.8) is 0 Å². The Balaban J connectivity index is 2.19. The van der Waals surface area contributed by atoms with Crippen LogP contribution in [0.2, 0.25) is 0 Å². The number of aryl methyl sites for hydroxylation is 1. The monoisotopic (exact) mass is 354 g/mol. The summed E-state index contributed by atoms with van der Waals surface area (Å²) in [4.78, 5) is 12.1. The number of benzene rings is 1. The summed E-state index contributed by atoms with van der Waals surface area (Å²) < 4.78 is 32.2. The number of carbonyl (C=O) groups is 1. The highest BCUT2D eigenvalue weighted by Gasteiger charge is 2.27. The van der Waals surface area contributed by atoms with Crippen molar-refractivity contribution in [3.05, 3.63) is 23.8 Å². The van der Waals surface area contributed by atoms with E-state index in [9.17, 15) is 13.2 Å². The van der Waals surface area contributed by atoms with E-state index in [2.05, 4.69) is 5.32 Å². The average Bonchev–Trinajstić information content (AvgIpc) is 3.07. The summed E-state index contributed by atoms with van der Waals surface area (Å²) in [6.07, 6.45) is 2.53. The van der Waals surface area contributed by atoms with E-state index in [1.165, 1.54) is 4.31 Å². The molecule has 134 valence electrons. The number of nitrogens with zero attached hydrogens (tertiary/aromatic N) is 1. The molecule has 1 aliphatic heterocycles. The molecule has 1 N–H and O–H groups in total. The van der Waals surface area contributed by atoms with Crippen molar-refractivity contribution in [1.29, 1.82) is 0 Å². The molecule has 0 unspecified atom stereocenters. The summed E-state index contributed by atoms with van der Waals surface area (Å²) in [5, 5.41) is 2.83. The molecule has 1 aliphatic rings. The molecular formula is C17H26N2O4S. The van der Waals surface area contributed by atoms with Crippen LogP contribution in [-0.4, -0.2) is 44.9 Å². The number of ether oxygens (including phenoxy) is 1. The fraction of sp³-hybridized carbons (Fsp3) is 0.588. The first kappa shape index (κ1) is 18.7. The van der Waals surface area contributed by atoms with Crippen molar-refractivity contribution in [2.45, 2.75) is 50.5 Å². The van der Waals surface area contributed by atoms with Crippen LogP contribution >= 0.6 is 0 Å². The highest BCUT2D eigenvalue weighted by Crippen LogP contribution is 2.27. The Hall–Kier alpha value is -1.60. The molecule has 24 heavy (non-hydrogen) atoms. The Kier molecular flexibility index (Phi) is 6.23. The first-order chi connectivity index (χ1) is 11.3. The van der Waals surface area contributed by atoms with Crippen LogP contribution in [0, 0.1) is 0 Å². The standard InChI is InChI=1S/C17H26N2O4S/c1-13(2)18-17(20)9-6-14-12-15(7-8-16(14)23-3)24(21,22)19-10-4-5-11-19/h7-8,12-13H,4-6,9-11H2,1-3H3,(H,18,20). The van der Waals surface area contributed by atoms with Gasteiger partial charge in [-0.25, -0.2) is 8.42 Å². The summed E-state index contributed by atoms with van der Waals surface area (Å²) >= 11 is 0. The summed E-state index contributed by atoms with van der Waals surface area (Å²) in [5.41, 5.74) is 0.733. The highest BCUT2D eigenvalue weighted by atomic mass is 32.2. The zero-order valence-corrected chi connectivity index (χ0v) is 15.4. The third-order valence-corrected chi connectivity index (χ3v) is 5.92. The van der Waals surface area contributed by atoms with E-state index < -0.39 is 10.0 Å². The van der Waals surface area contributed by atoms with Crippen LogP contribution in [-0.2, 0) is 21.2 Å². The van der Waals surface area contributed by atoms with Crippen LogP contribution in [0.5, 0.6) is 5.75 Å². The quantitative estimate of drug-likeness (QED) is 0.812. The van der Waals surface area contributed by atoms with Gasteiger partial charge in [-0.2, -0.15) is 4.31 Å². The number of rotatable bonds is 7. The molecule has 0 spiro atoms. The van der Waals surface area contributed by atoms with Gasteiger partial charge >= 0.3 is 0 Å². The smallest absolute Gasteiger partial charge is 0.243 e. The Morgan fingerprint density at radius 2 is 1.96 bits per heavy atom. The maximum Gasteiger partial charge on any atom is 0.243 e. The number of hydrogen-bond acceptors (Lipinski definition) is 4. The van der Waals surface area contributed by atoms with Crippen molar-refractivity contribution in [3.8, 4) is 5.75 Å². The number of carbonyl (C=O) groups excluding carboxylic acids is 1. The molecule has 1 heterocycles. The third-order valence-electron chi connectivity index (χ3n) is 4.03. The van der Waals surface area contributed by atoms with Gasteiger partial charge in [0.2, 0.25) is 15.9 Å². The van der Waals surface area contributed by atoms with Crippen molar-refractivity contribution in [1.82, 2.24) is 9.62 Å². The van der Waals surface area contributed by atoms with Crippen molar-refractivity contribution < 1.29 is 17.9 Å². The number of nitrogens with one attached hydrogen (secondary N) is 1. The summed E-state index contributed by atoms with van der Waals surface area (Å²) in [5.74, 6) is 0.549. The normalized spacial score (nSPS) is 15.7. The lowest BCUT2D eigenvalue weighted by Gasteiger charge is -2.17. The Morgan fingerprint density at radius 1 is 1.29 bits per heavy atom. The third kappa shape index (κ3) is 4.48. The number of amides is 1. The van der Waals surface area contributed by atoms with Gasteiger partial charge in [-0.05, 0) is 56.9 Å². The molecular weight excluding hydrogens is 328 g/mol. The fourth-order valence-corrected chi connectivity index (χ4v) is 4.40. The molecule has 1 aromatic rings. The predicted octanol–water partition coefficient (Wildman–Crippen LogP) is 1.94. The molecule has 0 atom stereocenters. The molecule has 0 saturated carbocycles. The predicted molar refractivity (Wildman–Crippen MR) is 92.6 cm³/mol. The Labute approximate surface area is 144 Å². The lowest BCUT2D eigenvalue weighted by Crippen LogP contribution is -2.30. The van der Waals surface area contributed by atoms with Gasteiger partial charge in [-0.15, -0.1) is 0 Å². The summed E-state index contributed by atoms with van der Waals surface area (Å²) in [6.45, 7) is 4.95. The molecule has 0 bridgehead atoms. The number of hydrogen-bond donors (Lipinski definition) is 1. The molecule has 1 fully saturated rings. The zero-order valence-electron chi connectivity index (χ0n) is 14.5. The van der Waals surface area contributed by atoms with Crippen LogP contribution in [0.1, 0.15) is 38.7 Å². The maximum atomic E-state index is 12.7. The number of methoxy groups -OCH3 is 1. The Morgan fingerprint density at radius 3 is 2.54 bits per heavy atom. The van der Waals surface area contributed by atoms with Crippen LogP contribution in [0.4, 0.5) is 0 Å². The second-order valence-corrected chi connectivity index (χ2v) is 8.24. The van der Waals surface area contributed by atoms with Gasteiger partial charge in [-0.1, -0.05) is 0 Å². The molecule has 0 radical (unpaired) electrons. The molecule has 1 aromatic carbocycles. The van der Waals surface area contributed by atoms with E-state index in [4.69, 9.17) is 4.74 Å². The first-order valence-electron chi connectivity index (χ1n) is 8.31. The highest BCUT2D eigenvalue weighted by molar-refractivity contribution is 7.89. The molecule has 0 aromatic heterocycles. The maximum absolute atomic E-state index is 12.7. The molecule has 0 aliphatic carbocycles. The van der Waals surface area contributed by atoms with Crippen molar-refractivity contribution in [2.24, 2.45) is 0 Å². The zero-order chi connectivity index (χ0) is 17.7. The van der Waals surface area contributed by atoms with Crippen molar-refractivity contribution >= 4 is 15.9 Å². The van der Waals surface area contributed by atoms with E-state index in [-0.39, 0.29) is 16.8 Å². The van der Waals surface area contributed by atoms with Crippen LogP contribution < -0.4 is 10.1 Å². The minimum absolute atomic E-state index is 0.0557. The first-order valence-corrected chi connectivity index (χ1v) is 9.75. The lowest BCUT2D eigenvalue weighted by molar-refractivity contribution is -0.121. The van der Waals surface area contributed by atoms with E-state index in [0.29, 0.717) is 31.7 Å². The van der Waals surface area contributed by atoms with E-state index >= 15 is 0 Å². The summed E-state index contributed by atoms with van der Waals surface area (Å²) in [6, 6.07) is 4.96. The molecule has 1 amide bonds. The van der Waals surface area contributed by atoms with Gasteiger partial charge in [0.15, 0.2) is 0 Å². The second-order valence-electron chi connectivity index (χ2n) is 6.31. The molecule has 1 saturated heterocycles. The van der Waals surface area contributed by atoms with Crippen LogP contribution in [0.3, 0.4) is 0 Å². The SMILES string of the molecule is COc1ccc(S(=O)(=O)N2CCCC2)cc1CCC(=O)NC(C)C. The topological polar surface area (TPSA) is 75.7 Å². The van der Waals surface area contributed by atoms with Crippen LogP contribution in [0.15, 0.2) is 23.1 Å². The molecule has 7 heteroatoms. The Bertz CT molecular complexity index is 680. The molecule has 6 nitrogen and oxygen atoms in total.